The van der Waals surface area contributed by atoms with Crippen LogP contribution in [0.15, 0.2) is 18.2 Å². The van der Waals surface area contributed by atoms with Crippen LogP contribution in [-0.4, -0.2) is 37.5 Å². The molecule has 4 heteroatoms. The summed E-state index contributed by atoms with van der Waals surface area (Å²) in [5, 5.41) is 3.79. The number of benzene rings is 1. The number of nitrogens with zero attached hydrogens (tertiary/aromatic N) is 1. The van der Waals surface area contributed by atoms with Gasteiger partial charge in [-0.05, 0) is 50.6 Å². The van der Waals surface area contributed by atoms with Gasteiger partial charge in [0, 0.05) is 23.7 Å². The minimum atomic E-state index is 0.105. The SMILES string of the molecule is CNCC1CCN(C(=O)c2cc(Cl)ccc2C)C1. The molecule has 0 bridgehead atoms. The number of halogens is 1. The highest BCUT2D eigenvalue weighted by atomic mass is 35.5. The molecule has 0 aromatic heterocycles. The number of hydrogen-bond donors (Lipinski definition) is 1. The molecular weight excluding hydrogens is 248 g/mol. The fourth-order valence-corrected chi connectivity index (χ4v) is 2.64. The monoisotopic (exact) mass is 266 g/mol. The topological polar surface area (TPSA) is 32.3 Å². The van der Waals surface area contributed by atoms with Gasteiger partial charge < -0.3 is 10.2 Å². The first-order chi connectivity index (χ1) is 8.61. The van der Waals surface area contributed by atoms with E-state index in [1.54, 1.807) is 6.07 Å². The van der Waals surface area contributed by atoms with Crippen LogP contribution < -0.4 is 5.32 Å². The van der Waals surface area contributed by atoms with Gasteiger partial charge >= 0.3 is 0 Å². The van der Waals surface area contributed by atoms with Crippen molar-refractivity contribution < 1.29 is 4.79 Å². The molecule has 0 spiro atoms. The van der Waals surface area contributed by atoms with Crippen molar-refractivity contribution in [2.45, 2.75) is 13.3 Å². The molecule has 3 nitrogen and oxygen atoms in total. The molecule has 0 radical (unpaired) electrons. The van der Waals surface area contributed by atoms with Crippen molar-refractivity contribution in [1.82, 2.24) is 10.2 Å². The zero-order chi connectivity index (χ0) is 13.1. The van der Waals surface area contributed by atoms with Gasteiger partial charge in [0.2, 0.25) is 0 Å². The maximum Gasteiger partial charge on any atom is 0.254 e. The molecule has 1 amide bonds. The van der Waals surface area contributed by atoms with Crippen LogP contribution in [-0.2, 0) is 0 Å². The Morgan fingerprint density at radius 3 is 3.06 bits per heavy atom. The summed E-state index contributed by atoms with van der Waals surface area (Å²) in [4.78, 5) is 14.3. The van der Waals surface area contributed by atoms with Crippen LogP contribution in [0.25, 0.3) is 0 Å². The lowest BCUT2D eigenvalue weighted by atomic mass is 10.1. The summed E-state index contributed by atoms with van der Waals surface area (Å²) in [6.07, 6.45) is 1.08. The molecule has 1 aromatic rings. The van der Waals surface area contributed by atoms with Crippen molar-refractivity contribution in [1.29, 1.82) is 0 Å². The molecular formula is C14H19ClN2O. The summed E-state index contributed by atoms with van der Waals surface area (Å²) in [6.45, 7) is 4.60. The number of rotatable bonds is 3. The van der Waals surface area contributed by atoms with E-state index >= 15 is 0 Å². The van der Waals surface area contributed by atoms with Crippen LogP contribution in [0.3, 0.4) is 0 Å². The lowest BCUT2D eigenvalue weighted by molar-refractivity contribution is 0.0786. The van der Waals surface area contributed by atoms with Gasteiger partial charge in [0.15, 0.2) is 0 Å². The second kappa shape index (κ2) is 5.72. The number of carbonyl (C=O) groups excluding carboxylic acids is 1. The summed E-state index contributed by atoms with van der Waals surface area (Å²) in [5.41, 5.74) is 1.72. The zero-order valence-corrected chi connectivity index (χ0v) is 11.6. The third-order valence-electron chi connectivity index (χ3n) is 3.50. The molecule has 1 N–H and O–H groups in total. The Morgan fingerprint density at radius 2 is 2.33 bits per heavy atom. The van der Waals surface area contributed by atoms with Crippen molar-refractivity contribution in [2.75, 3.05) is 26.7 Å². The third kappa shape index (κ3) is 2.85. The second-order valence-electron chi connectivity index (χ2n) is 4.92. The van der Waals surface area contributed by atoms with Crippen molar-refractivity contribution in [2.24, 2.45) is 5.92 Å². The van der Waals surface area contributed by atoms with Crippen LogP contribution in [0.5, 0.6) is 0 Å². The number of aryl methyl sites for hydroxylation is 1. The average Bonchev–Trinajstić information content (AvgIpc) is 2.80. The van der Waals surface area contributed by atoms with Crippen LogP contribution in [0.2, 0.25) is 5.02 Å². The minimum Gasteiger partial charge on any atom is -0.338 e. The quantitative estimate of drug-likeness (QED) is 0.911. The van der Waals surface area contributed by atoms with Gasteiger partial charge in [-0.3, -0.25) is 4.79 Å². The normalized spacial score (nSPS) is 19.3. The van der Waals surface area contributed by atoms with E-state index in [0.717, 1.165) is 37.2 Å². The molecule has 18 heavy (non-hydrogen) atoms. The van der Waals surface area contributed by atoms with E-state index in [2.05, 4.69) is 5.32 Å². The highest BCUT2D eigenvalue weighted by Gasteiger charge is 2.27. The summed E-state index contributed by atoms with van der Waals surface area (Å²) in [7, 11) is 1.95. The summed E-state index contributed by atoms with van der Waals surface area (Å²) in [5.74, 6) is 0.673. The highest BCUT2D eigenvalue weighted by Crippen LogP contribution is 2.21. The standard InChI is InChI=1S/C14H19ClN2O/c1-10-3-4-12(15)7-13(10)14(18)17-6-5-11(9-17)8-16-2/h3-4,7,11,16H,5-6,8-9H2,1-2H3. The fraction of sp³-hybridized carbons (Fsp3) is 0.500. The highest BCUT2D eigenvalue weighted by molar-refractivity contribution is 6.31. The Hall–Kier alpha value is -1.06. The summed E-state index contributed by atoms with van der Waals surface area (Å²) < 4.78 is 0. The van der Waals surface area contributed by atoms with Gasteiger partial charge in [0.25, 0.3) is 5.91 Å². The molecule has 1 heterocycles. The number of carbonyl (C=O) groups is 1. The minimum absolute atomic E-state index is 0.105. The zero-order valence-electron chi connectivity index (χ0n) is 10.9. The number of hydrogen-bond acceptors (Lipinski definition) is 2. The molecule has 0 aliphatic carbocycles. The van der Waals surface area contributed by atoms with Gasteiger partial charge in [-0.25, -0.2) is 0 Å². The van der Waals surface area contributed by atoms with Crippen LogP contribution in [0, 0.1) is 12.8 Å². The van der Waals surface area contributed by atoms with E-state index in [0.29, 0.717) is 10.9 Å². The van der Waals surface area contributed by atoms with Crippen LogP contribution in [0.1, 0.15) is 22.3 Å². The molecule has 1 saturated heterocycles. The Labute approximate surface area is 113 Å². The van der Waals surface area contributed by atoms with Gasteiger partial charge in [0.05, 0.1) is 0 Å². The van der Waals surface area contributed by atoms with Gasteiger partial charge in [-0.2, -0.15) is 0 Å². The van der Waals surface area contributed by atoms with Crippen LogP contribution in [0.4, 0.5) is 0 Å². The largest absolute Gasteiger partial charge is 0.338 e. The van der Waals surface area contributed by atoms with E-state index in [4.69, 9.17) is 11.6 Å². The Kier molecular flexibility index (Phi) is 4.25. The molecule has 0 saturated carbocycles. The van der Waals surface area contributed by atoms with Crippen molar-refractivity contribution in [3.05, 3.63) is 34.3 Å². The Morgan fingerprint density at radius 1 is 1.56 bits per heavy atom. The molecule has 2 rings (SSSR count). The van der Waals surface area contributed by atoms with Crippen LogP contribution >= 0.6 is 11.6 Å². The number of amides is 1. The summed E-state index contributed by atoms with van der Waals surface area (Å²) in [6, 6.07) is 5.49. The van der Waals surface area contributed by atoms with E-state index < -0.39 is 0 Å². The van der Waals surface area contributed by atoms with Gasteiger partial charge in [0.1, 0.15) is 0 Å². The third-order valence-corrected chi connectivity index (χ3v) is 3.73. The molecule has 1 fully saturated rings. The Bertz CT molecular complexity index is 447. The molecule has 1 unspecified atom stereocenters. The van der Waals surface area contributed by atoms with E-state index in [-0.39, 0.29) is 5.91 Å². The molecule has 1 aliphatic heterocycles. The maximum absolute atomic E-state index is 12.4. The van der Waals surface area contributed by atoms with Crippen molar-refractivity contribution in [3.8, 4) is 0 Å². The first-order valence-corrected chi connectivity index (χ1v) is 6.69. The average molecular weight is 267 g/mol. The van der Waals surface area contributed by atoms with E-state index in [1.165, 1.54) is 0 Å². The molecule has 1 atom stereocenters. The maximum atomic E-state index is 12.4. The lowest BCUT2D eigenvalue weighted by Gasteiger charge is -2.18. The van der Waals surface area contributed by atoms with Gasteiger partial charge in [-0.15, -0.1) is 0 Å². The van der Waals surface area contributed by atoms with E-state index in [9.17, 15) is 4.79 Å². The smallest absolute Gasteiger partial charge is 0.254 e. The predicted molar refractivity (Wildman–Crippen MR) is 74.1 cm³/mol. The second-order valence-corrected chi connectivity index (χ2v) is 5.36. The fourth-order valence-electron chi connectivity index (χ4n) is 2.47. The number of likely N-dealkylation sites (tertiary alicyclic amines) is 1. The molecule has 1 aromatic carbocycles. The first kappa shape index (κ1) is 13.4. The summed E-state index contributed by atoms with van der Waals surface area (Å²) >= 11 is 5.97. The van der Waals surface area contributed by atoms with Crippen molar-refractivity contribution in [3.63, 3.8) is 0 Å². The van der Waals surface area contributed by atoms with E-state index in [1.807, 2.05) is 31.0 Å². The lowest BCUT2D eigenvalue weighted by Crippen LogP contribution is -2.30. The van der Waals surface area contributed by atoms with Crippen molar-refractivity contribution >= 4 is 17.5 Å². The molecule has 98 valence electrons. The molecule has 1 aliphatic rings. The van der Waals surface area contributed by atoms with Gasteiger partial charge in [-0.1, -0.05) is 17.7 Å². The first-order valence-electron chi connectivity index (χ1n) is 6.32. The number of nitrogens with one attached hydrogen (secondary N) is 1. The Balaban J connectivity index is 2.10. The predicted octanol–water partition coefficient (Wildman–Crippen LogP) is 2.33.